The Hall–Kier alpha value is -1.91. The van der Waals surface area contributed by atoms with Gasteiger partial charge in [0.15, 0.2) is 0 Å². The van der Waals surface area contributed by atoms with Crippen LogP contribution in [-0.2, 0) is 16.0 Å². The molecule has 0 saturated carbocycles. The lowest BCUT2D eigenvalue weighted by molar-refractivity contribution is -0.137. The highest BCUT2D eigenvalue weighted by Crippen LogP contribution is 2.23. The van der Waals surface area contributed by atoms with Gasteiger partial charge in [-0.1, -0.05) is 18.2 Å². The van der Waals surface area contributed by atoms with Crippen LogP contribution in [0.3, 0.4) is 0 Å². The second-order valence-corrected chi connectivity index (χ2v) is 5.66. The maximum Gasteiger partial charge on any atom is 0.223 e. The average Bonchev–Trinajstić information content (AvgIpc) is 2.46. The summed E-state index contributed by atoms with van der Waals surface area (Å²) in [6, 6.07) is 6.58. The molecule has 2 atom stereocenters. The molecule has 2 rings (SSSR count). The van der Waals surface area contributed by atoms with Crippen LogP contribution < -0.4 is 5.73 Å². The lowest BCUT2D eigenvalue weighted by atomic mass is 9.92. The molecule has 1 aromatic carbocycles. The van der Waals surface area contributed by atoms with Gasteiger partial charge in [0.1, 0.15) is 5.82 Å². The minimum Gasteiger partial charge on any atom is -0.369 e. The molecule has 114 valence electrons. The van der Waals surface area contributed by atoms with E-state index in [2.05, 4.69) is 0 Å². The Morgan fingerprint density at radius 1 is 1.33 bits per heavy atom. The number of hydrogen-bond donors (Lipinski definition) is 1. The first kappa shape index (κ1) is 15.5. The van der Waals surface area contributed by atoms with E-state index < -0.39 is 0 Å². The smallest absolute Gasteiger partial charge is 0.223 e. The van der Waals surface area contributed by atoms with Crippen LogP contribution >= 0.6 is 0 Å². The summed E-state index contributed by atoms with van der Waals surface area (Å²) >= 11 is 0. The van der Waals surface area contributed by atoms with E-state index in [-0.39, 0.29) is 36.0 Å². The summed E-state index contributed by atoms with van der Waals surface area (Å²) in [7, 11) is 0. The molecule has 0 spiro atoms. The zero-order valence-corrected chi connectivity index (χ0v) is 12.2. The predicted molar refractivity (Wildman–Crippen MR) is 77.8 cm³/mol. The van der Waals surface area contributed by atoms with Crippen molar-refractivity contribution in [1.29, 1.82) is 0 Å². The van der Waals surface area contributed by atoms with Gasteiger partial charge in [-0.25, -0.2) is 4.39 Å². The molecular weight excluding hydrogens is 271 g/mol. The summed E-state index contributed by atoms with van der Waals surface area (Å²) in [6.07, 6.45) is 2.12. The minimum absolute atomic E-state index is 0.0447. The van der Waals surface area contributed by atoms with Crippen molar-refractivity contribution >= 4 is 11.8 Å². The summed E-state index contributed by atoms with van der Waals surface area (Å²) in [6.45, 7) is 2.35. The van der Waals surface area contributed by atoms with Crippen LogP contribution in [0.4, 0.5) is 4.39 Å². The minimum atomic E-state index is -0.353. The first-order valence-electron chi connectivity index (χ1n) is 7.31. The molecule has 0 unspecified atom stereocenters. The van der Waals surface area contributed by atoms with Crippen LogP contribution in [0.5, 0.6) is 0 Å². The molecule has 1 aliphatic rings. The van der Waals surface area contributed by atoms with E-state index >= 15 is 0 Å². The molecule has 2 amide bonds. The van der Waals surface area contributed by atoms with E-state index in [9.17, 15) is 14.0 Å². The molecule has 21 heavy (non-hydrogen) atoms. The van der Waals surface area contributed by atoms with Crippen LogP contribution in [-0.4, -0.2) is 29.3 Å². The first-order valence-corrected chi connectivity index (χ1v) is 7.31. The monoisotopic (exact) mass is 292 g/mol. The van der Waals surface area contributed by atoms with Crippen molar-refractivity contribution in [3.63, 3.8) is 0 Å². The molecule has 1 aliphatic heterocycles. The molecular formula is C16H21FN2O2. The molecule has 0 radical (unpaired) electrons. The Kier molecular flexibility index (Phi) is 4.94. The SMILES string of the molecule is C[C@@H]1CC[C@H](C(N)=O)CN1C(=O)CCc1ccccc1F. The number of carbonyl (C=O) groups is 2. The van der Waals surface area contributed by atoms with Gasteiger partial charge in [-0.2, -0.15) is 0 Å². The van der Waals surface area contributed by atoms with Crippen molar-refractivity contribution in [2.24, 2.45) is 11.7 Å². The van der Waals surface area contributed by atoms with Crippen LogP contribution in [0.25, 0.3) is 0 Å². The highest BCUT2D eigenvalue weighted by atomic mass is 19.1. The maximum atomic E-state index is 13.5. The number of aryl methyl sites for hydroxylation is 1. The molecule has 5 heteroatoms. The third-order valence-electron chi connectivity index (χ3n) is 4.17. The predicted octanol–water partition coefficient (Wildman–Crippen LogP) is 1.87. The average molecular weight is 292 g/mol. The molecule has 4 nitrogen and oxygen atoms in total. The van der Waals surface area contributed by atoms with Gasteiger partial charge in [-0.3, -0.25) is 9.59 Å². The summed E-state index contributed by atoms with van der Waals surface area (Å²) in [5.41, 5.74) is 5.88. The zero-order chi connectivity index (χ0) is 15.4. The Morgan fingerprint density at radius 2 is 2.05 bits per heavy atom. The fourth-order valence-corrected chi connectivity index (χ4v) is 2.77. The molecule has 2 N–H and O–H groups in total. The Morgan fingerprint density at radius 3 is 2.71 bits per heavy atom. The van der Waals surface area contributed by atoms with Crippen molar-refractivity contribution in [3.05, 3.63) is 35.6 Å². The molecule has 1 aromatic rings. The molecule has 1 fully saturated rings. The number of nitrogens with two attached hydrogens (primary N) is 1. The van der Waals surface area contributed by atoms with Crippen molar-refractivity contribution in [3.8, 4) is 0 Å². The topological polar surface area (TPSA) is 63.4 Å². The van der Waals surface area contributed by atoms with Gasteiger partial charge in [0.05, 0.1) is 5.92 Å². The number of carbonyl (C=O) groups excluding carboxylic acids is 2. The lowest BCUT2D eigenvalue weighted by Gasteiger charge is -2.37. The van der Waals surface area contributed by atoms with Crippen LogP contribution in [0.1, 0.15) is 31.7 Å². The highest BCUT2D eigenvalue weighted by Gasteiger charge is 2.31. The van der Waals surface area contributed by atoms with E-state index in [0.717, 1.165) is 12.8 Å². The summed E-state index contributed by atoms with van der Waals surface area (Å²) in [4.78, 5) is 25.3. The first-order chi connectivity index (χ1) is 9.99. The normalized spacial score (nSPS) is 22.1. The fourth-order valence-electron chi connectivity index (χ4n) is 2.77. The van der Waals surface area contributed by atoms with Gasteiger partial charge < -0.3 is 10.6 Å². The summed E-state index contributed by atoms with van der Waals surface area (Å²) < 4.78 is 13.5. The van der Waals surface area contributed by atoms with Crippen LogP contribution in [0, 0.1) is 11.7 Å². The molecule has 0 aromatic heterocycles. The lowest BCUT2D eigenvalue weighted by Crippen LogP contribution is -2.48. The molecule has 0 bridgehead atoms. The number of benzene rings is 1. The van der Waals surface area contributed by atoms with Gasteiger partial charge in [-0.15, -0.1) is 0 Å². The largest absolute Gasteiger partial charge is 0.369 e. The molecule has 1 saturated heterocycles. The number of likely N-dealkylation sites (tertiary alicyclic amines) is 1. The van der Waals surface area contributed by atoms with Crippen LogP contribution in [0.15, 0.2) is 24.3 Å². The number of nitrogens with zero attached hydrogens (tertiary/aromatic N) is 1. The van der Waals surface area contributed by atoms with Gasteiger partial charge in [0.2, 0.25) is 11.8 Å². The second-order valence-electron chi connectivity index (χ2n) is 5.66. The molecule has 0 aliphatic carbocycles. The van der Waals surface area contributed by atoms with E-state index in [1.807, 2.05) is 6.92 Å². The van der Waals surface area contributed by atoms with Crippen molar-refractivity contribution in [2.45, 2.75) is 38.6 Å². The van der Waals surface area contributed by atoms with Gasteiger partial charge in [0, 0.05) is 19.0 Å². The number of piperidine rings is 1. The van der Waals surface area contributed by atoms with E-state index in [1.54, 1.807) is 23.1 Å². The number of primary amides is 1. The third-order valence-corrected chi connectivity index (χ3v) is 4.17. The third kappa shape index (κ3) is 3.80. The Bertz CT molecular complexity index is 533. The standard InChI is InChI=1S/C16H21FN2O2/c1-11-6-7-13(16(18)21)10-19(11)15(20)9-8-12-4-2-3-5-14(12)17/h2-5,11,13H,6-10H2,1H3,(H2,18,21)/t11-,13+/m1/s1. The maximum absolute atomic E-state index is 13.5. The van der Waals surface area contributed by atoms with E-state index in [4.69, 9.17) is 5.73 Å². The summed E-state index contributed by atoms with van der Waals surface area (Å²) in [5, 5.41) is 0. The van der Waals surface area contributed by atoms with Crippen molar-refractivity contribution < 1.29 is 14.0 Å². The zero-order valence-electron chi connectivity index (χ0n) is 12.2. The number of rotatable bonds is 4. The van der Waals surface area contributed by atoms with E-state index in [0.29, 0.717) is 18.5 Å². The van der Waals surface area contributed by atoms with Gasteiger partial charge in [-0.05, 0) is 37.8 Å². The van der Waals surface area contributed by atoms with Gasteiger partial charge >= 0.3 is 0 Å². The Labute approximate surface area is 124 Å². The molecule has 1 heterocycles. The second kappa shape index (κ2) is 6.70. The van der Waals surface area contributed by atoms with Crippen LogP contribution in [0.2, 0.25) is 0 Å². The van der Waals surface area contributed by atoms with Gasteiger partial charge in [0.25, 0.3) is 0 Å². The number of amides is 2. The number of hydrogen-bond acceptors (Lipinski definition) is 2. The van der Waals surface area contributed by atoms with Crippen molar-refractivity contribution in [2.75, 3.05) is 6.54 Å². The summed E-state index contributed by atoms with van der Waals surface area (Å²) in [5.74, 6) is -0.948. The fraction of sp³-hybridized carbons (Fsp3) is 0.500. The number of halogens is 1. The van der Waals surface area contributed by atoms with Crippen molar-refractivity contribution in [1.82, 2.24) is 4.90 Å². The quantitative estimate of drug-likeness (QED) is 0.921. The van der Waals surface area contributed by atoms with E-state index in [1.165, 1.54) is 6.07 Å². The highest BCUT2D eigenvalue weighted by molar-refractivity contribution is 5.80. The Balaban J connectivity index is 1.95.